The summed E-state index contributed by atoms with van der Waals surface area (Å²) in [5.41, 5.74) is 10.1. The Labute approximate surface area is 240 Å². The van der Waals surface area contributed by atoms with Crippen molar-refractivity contribution in [3.8, 4) is 0 Å². The van der Waals surface area contributed by atoms with Gasteiger partial charge in [0.2, 0.25) is 5.69 Å². The van der Waals surface area contributed by atoms with Crippen LogP contribution in [0.2, 0.25) is 0 Å². The first-order valence-electron chi connectivity index (χ1n) is 14.2. The normalized spacial score (nSPS) is 21.4. The molecule has 38 heavy (non-hydrogen) atoms. The van der Waals surface area contributed by atoms with Gasteiger partial charge in [-0.3, -0.25) is 0 Å². The van der Waals surface area contributed by atoms with Crippen LogP contribution in [0.25, 0.3) is 0 Å². The molecule has 0 aromatic heterocycles. The van der Waals surface area contributed by atoms with Gasteiger partial charge in [0, 0.05) is 63.5 Å². The lowest BCUT2D eigenvalue weighted by atomic mass is 9.78. The van der Waals surface area contributed by atoms with Gasteiger partial charge in [-0.2, -0.15) is 4.58 Å². The topological polar surface area (TPSA) is 6.25 Å². The number of benzene rings is 2. The maximum atomic E-state index is 6.08. The van der Waals surface area contributed by atoms with Crippen LogP contribution in [0, 0.1) is 0 Å². The first-order chi connectivity index (χ1) is 18.1. The first kappa shape index (κ1) is 27.1. The molecule has 0 saturated carbocycles. The molecule has 2 aliphatic heterocycles. The van der Waals surface area contributed by atoms with E-state index >= 15 is 0 Å². The van der Waals surface area contributed by atoms with Crippen molar-refractivity contribution >= 4 is 46.8 Å². The van der Waals surface area contributed by atoms with Gasteiger partial charge in [0.05, 0.1) is 10.3 Å². The third kappa shape index (κ3) is 4.25. The van der Waals surface area contributed by atoms with Crippen molar-refractivity contribution < 1.29 is 4.58 Å². The smallest absolute Gasteiger partial charge is 0.209 e. The number of thiocarbonyl (C=S) groups is 1. The summed E-state index contributed by atoms with van der Waals surface area (Å²) in [5.74, 6) is 0. The molecule has 198 valence electrons. The summed E-state index contributed by atoms with van der Waals surface area (Å²) in [6.45, 7) is 15.9. The third-order valence-electron chi connectivity index (χ3n) is 8.63. The highest BCUT2D eigenvalue weighted by Gasteiger charge is 2.46. The molecule has 2 aromatic rings. The Balaban J connectivity index is 1.57. The first-order valence-corrected chi connectivity index (χ1v) is 15.0. The minimum Gasteiger partial charge on any atom is -0.344 e. The van der Waals surface area contributed by atoms with Gasteiger partial charge in [-0.15, -0.1) is 12.6 Å². The summed E-state index contributed by atoms with van der Waals surface area (Å²) in [4.78, 5) is 4.45. The molecule has 0 amide bonds. The lowest BCUT2D eigenvalue weighted by molar-refractivity contribution is -0.438. The Morgan fingerprint density at radius 3 is 2.21 bits per heavy atom. The number of thiol groups is 1. The van der Waals surface area contributed by atoms with E-state index in [9.17, 15) is 0 Å². The highest BCUT2D eigenvalue weighted by Crippen LogP contribution is 2.50. The van der Waals surface area contributed by atoms with Gasteiger partial charge in [-0.1, -0.05) is 89.2 Å². The summed E-state index contributed by atoms with van der Waals surface area (Å²) >= 11 is 11.1. The molecule has 2 aromatic carbocycles. The molecule has 0 atom stereocenters. The Morgan fingerprint density at radius 1 is 0.868 bits per heavy atom. The van der Waals surface area contributed by atoms with E-state index < -0.39 is 0 Å². The predicted molar refractivity (Wildman–Crippen MR) is 171 cm³/mol. The van der Waals surface area contributed by atoms with Crippen molar-refractivity contribution in [3.63, 3.8) is 0 Å². The molecule has 0 radical (unpaired) electrons. The molecular weight excluding hydrogens is 501 g/mol. The molecule has 0 N–H and O–H groups in total. The van der Waals surface area contributed by atoms with E-state index in [1.165, 1.54) is 46.8 Å². The summed E-state index contributed by atoms with van der Waals surface area (Å²) in [6, 6.07) is 17.7. The third-order valence-corrected chi connectivity index (χ3v) is 9.55. The monoisotopic (exact) mass is 541 g/mol. The van der Waals surface area contributed by atoms with Crippen LogP contribution in [-0.4, -0.2) is 28.2 Å². The minimum atomic E-state index is -0.0821. The molecule has 0 spiro atoms. The van der Waals surface area contributed by atoms with E-state index in [-0.39, 0.29) is 10.8 Å². The van der Waals surface area contributed by atoms with E-state index in [2.05, 4.69) is 112 Å². The van der Waals surface area contributed by atoms with Gasteiger partial charge < -0.3 is 4.90 Å². The molecule has 1 aliphatic carbocycles. The van der Waals surface area contributed by atoms with E-state index in [0.29, 0.717) is 0 Å². The van der Waals surface area contributed by atoms with E-state index in [4.69, 9.17) is 24.8 Å². The van der Waals surface area contributed by atoms with Crippen molar-refractivity contribution in [2.75, 3.05) is 18.0 Å². The lowest BCUT2D eigenvalue weighted by Crippen LogP contribution is -2.31. The van der Waals surface area contributed by atoms with E-state index in [0.717, 1.165) is 46.8 Å². The predicted octanol–water partition coefficient (Wildman–Crippen LogP) is 8.84. The fraction of sp³-hybridized carbons (Fsp3) is 0.412. The second-order valence-corrected chi connectivity index (χ2v) is 12.7. The van der Waals surface area contributed by atoms with Crippen LogP contribution in [0.3, 0.4) is 0 Å². The standard InChI is InChI=1S/C34H40N2S2/c1-7-9-19-35-27-17-13-11-15-25(27)33(3,4)29(35)21-23-31(37)24(32(23)38)22-30-34(5,6)26-16-12-14-18-28(26)36(30)20-10-8-2/h11-18,21-22H,7-10,19-20H2,1-6H3/p+1. The Morgan fingerprint density at radius 2 is 1.53 bits per heavy atom. The number of hydrogen-bond acceptors (Lipinski definition) is 3. The number of allylic oxidation sites excluding steroid dienone is 5. The second-order valence-electron chi connectivity index (χ2n) is 11.9. The zero-order valence-corrected chi connectivity index (χ0v) is 25.5. The highest BCUT2D eigenvalue weighted by atomic mass is 32.1. The maximum Gasteiger partial charge on any atom is 0.209 e. The number of rotatable bonds is 8. The van der Waals surface area contributed by atoms with Crippen molar-refractivity contribution in [1.29, 1.82) is 0 Å². The van der Waals surface area contributed by atoms with Crippen LogP contribution in [0.5, 0.6) is 0 Å². The SMILES string of the molecule is CCCCN1/C(=C/C2=C(S)C(=C/C3=[N+](CCCC)c4ccccc4C3(C)C)/C2=S)C(C)(C)c2ccccc21. The molecule has 3 aliphatic rings. The van der Waals surface area contributed by atoms with Crippen molar-refractivity contribution in [1.82, 2.24) is 0 Å². The molecular formula is C34H41N2S2+. The number of hydrogen-bond donors (Lipinski definition) is 1. The zero-order chi connectivity index (χ0) is 27.2. The molecule has 0 saturated heterocycles. The van der Waals surface area contributed by atoms with Crippen LogP contribution in [0.1, 0.15) is 78.4 Å². The minimum absolute atomic E-state index is 0.0821. The molecule has 5 rings (SSSR count). The molecule has 0 bridgehead atoms. The van der Waals surface area contributed by atoms with Gasteiger partial charge in [0.15, 0.2) is 5.71 Å². The van der Waals surface area contributed by atoms with Crippen molar-refractivity contribution in [3.05, 3.63) is 93.6 Å². The van der Waals surface area contributed by atoms with Crippen molar-refractivity contribution in [2.45, 2.75) is 78.1 Å². The van der Waals surface area contributed by atoms with Crippen molar-refractivity contribution in [2.24, 2.45) is 0 Å². The molecule has 0 unspecified atom stereocenters. The average Bonchev–Trinajstić information content (AvgIpc) is 3.26. The van der Waals surface area contributed by atoms with Crippen LogP contribution in [0.15, 0.2) is 82.4 Å². The van der Waals surface area contributed by atoms with Crippen LogP contribution in [0.4, 0.5) is 11.4 Å². The van der Waals surface area contributed by atoms with Crippen LogP contribution in [-0.2, 0) is 10.8 Å². The summed E-state index contributed by atoms with van der Waals surface area (Å²) in [6.07, 6.45) is 9.31. The fourth-order valence-corrected chi connectivity index (χ4v) is 7.13. The highest BCUT2D eigenvalue weighted by molar-refractivity contribution is 7.86. The van der Waals surface area contributed by atoms with E-state index in [1.54, 1.807) is 0 Å². The number of unbranched alkanes of at least 4 members (excludes halogenated alkanes) is 2. The molecule has 2 heterocycles. The number of nitrogens with zero attached hydrogens (tertiary/aromatic N) is 2. The van der Waals surface area contributed by atoms with Gasteiger partial charge >= 0.3 is 0 Å². The number of anilines is 1. The Hall–Kier alpha value is -2.43. The Kier molecular flexibility index (Phi) is 7.34. The summed E-state index contributed by atoms with van der Waals surface area (Å²) < 4.78 is 2.51. The quantitative estimate of drug-likeness (QED) is 0.154. The summed E-state index contributed by atoms with van der Waals surface area (Å²) in [7, 11) is 0. The van der Waals surface area contributed by atoms with Crippen LogP contribution >= 0.6 is 24.8 Å². The molecule has 0 fully saturated rings. The second kappa shape index (κ2) is 10.3. The molecule has 4 heteroatoms. The van der Waals surface area contributed by atoms with Gasteiger partial charge in [-0.25, -0.2) is 0 Å². The lowest BCUT2D eigenvalue weighted by Gasteiger charge is -2.31. The van der Waals surface area contributed by atoms with E-state index in [1.807, 2.05) is 0 Å². The van der Waals surface area contributed by atoms with Gasteiger partial charge in [0.1, 0.15) is 6.54 Å². The number of fused-ring (bicyclic) bond motifs is 2. The Bertz CT molecular complexity index is 1420. The summed E-state index contributed by atoms with van der Waals surface area (Å²) in [5, 5.41) is 0. The van der Waals surface area contributed by atoms with Gasteiger partial charge in [-0.05, 0) is 38.0 Å². The maximum absolute atomic E-state index is 6.08. The van der Waals surface area contributed by atoms with Gasteiger partial charge in [0.25, 0.3) is 0 Å². The average molecular weight is 542 g/mol. The largest absolute Gasteiger partial charge is 0.344 e. The number of para-hydroxylation sites is 2. The van der Waals surface area contributed by atoms with Crippen LogP contribution < -0.4 is 4.90 Å². The zero-order valence-electron chi connectivity index (χ0n) is 23.8. The molecule has 2 nitrogen and oxygen atoms in total. The fourth-order valence-electron chi connectivity index (χ4n) is 6.30.